The van der Waals surface area contributed by atoms with Crippen LogP contribution in [0.2, 0.25) is 0 Å². The quantitative estimate of drug-likeness (QED) is 0.672. The topological polar surface area (TPSA) is 69.6 Å². The summed E-state index contributed by atoms with van der Waals surface area (Å²) in [4.78, 5) is 10.6. The maximum absolute atomic E-state index is 10.6. The summed E-state index contributed by atoms with van der Waals surface area (Å²) in [6.45, 7) is 13.3. The maximum Gasteiger partial charge on any atom is 0.221 e. The number of aromatic hydroxyl groups is 2. The predicted molar refractivity (Wildman–Crippen MR) is 105 cm³/mol. The molecule has 2 rings (SSSR count). The van der Waals surface area contributed by atoms with Crippen molar-refractivity contribution < 1.29 is 15.0 Å². The van der Waals surface area contributed by atoms with Crippen LogP contribution in [0.3, 0.4) is 0 Å². The summed E-state index contributed by atoms with van der Waals surface area (Å²) in [7, 11) is 0. The van der Waals surface area contributed by atoms with E-state index in [9.17, 15) is 15.0 Å². The van der Waals surface area contributed by atoms with Gasteiger partial charge in [-0.15, -0.1) is 0 Å². The molecule has 2 aromatic rings. The molecular weight excluding hydrogens is 314 g/mol. The minimum absolute atomic E-state index is 0.141. The number of amides is 1. The van der Waals surface area contributed by atoms with Gasteiger partial charge in [-0.3, -0.25) is 4.79 Å². The monoisotopic (exact) mass is 345 g/mol. The van der Waals surface area contributed by atoms with Crippen molar-refractivity contribution in [3.63, 3.8) is 0 Å². The molecule has 3 N–H and O–H groups in total. The number of anilines is 1. The van der Waals surface area contributed by atoms with Gasteiger partial charge >= 0.3 is 0 Å². The van der Waals surface area contributed by atoms with Crippen molar-refractivity contribution in [2.75, 3.05) is 5.32 Å². The first-order valence-electron chi connectivity index (χ1n) is 8.58. The van der Waals surface area contributed by atoms with E-state index in [0.29, 0.717) is 17.4 Å². The fourth-order valence-electron chi connectivity index (χ4n) is 2.04. The van der Waals surface area contributed by atoms with E-state index in [1.54, 1.807) is 19.1 Å². The Kier molecular flexibility index (Phi) is 10.0. The van der Waals surface area contributed by atoms with Crippen molar-refractivity contribution in [2.45, 2.75) is 54.4 Å². The number of phenols is 2. The molecule has 0 saturated carbocycles. The highest BCUT2D eigenvalue weighted by Crippen LogP contribution is 2.27. The summed E-state index contributed by atoms with van der Waals surface area (Å²) in [6, 6.07) is 10.9. The van der Waals surface area contributed by atoms with Crippen LogP contribution < -0.4 is 5.32 Å². The molecule has 0 unspecified atom stereocenters. The van der Waals surface area contributed by atoms with Crippen molar-refractivity contribution in [1.82, 2.24) is 0 Å². The van der Waals surface area contributed by atoms with Gasteiger partial charge in [0.05, 0.1) is 0 Å². The molecule has 25 heavy (non-hydrogen) atoms. The minimum Gasteiger partial charge on any atom is -0.508 e. The van der Waals surface area contributed by atoms with Crippen molar-refractivity contribution in [1.29, 1.82) is 0 Å². The van der Waals surface area contributed by atoms with Crippen LogP contribution in [-0.2, 0) is 4.79 Å². The van der Waals surface area contributed by atoms with Crippen LogP contribution in [0.1, 0.15) is 57.2 Å². The third-order valence-corrected chi connectivity index (χ3v) is 3.42. The molecule has 0 atom stereocenters. The van der Waals surface area contributed by atoms with E-state index in [2.05, 4.69) is 19.2 Å². The Labute approximate surface area is 151 Å². The number of hydrogen-bond donors (Lipinski definition) is 3. The SMILES string of the molecule is CC.CC(=O)Nc1ccc(C)c(O)c1.Cc1cccc(C(C)C)c1O. The largest absolute Gasteiger partial charge is 0.508 e. The van der Waals surface area contributed by atoms with Gasteiger partial charge in [-0.05, 0) is 42.5 Å². The number of para-hydroxylation sites is 1. The lowest BCUT2D eigenvalue weighted by Gasteiger charge is -2.09. The summed E-state index contributed by atoms with van der Waals surface area (Å²) in [5.74, 6) is 0.900. The molecule has 0 heterocycles. The molecule has 0 aliphatic rings. The van der Waals surface area contributed by atoms with Crippen LogP contribution in [0.4, 0.5) is 5.69 Å². The minimum atomic E-state index is -0.141. The van der Waals surface area contributed by atoms with Crippen LogP contribution in [0.5, 0.6) is 11.5 Å². The van der Waals surface area contributed by atoms with Crippen LogP contribution in [0.15, 0.2) is 36.4 Å². The average Bonchev–Trinajstić information content (AvgIpc) is 2.55. The van der Waals surface area contributed by atoms with Gasteiger partial charge in [0.1, 0.15) is 11.5 Å². The molecule has 0 spiro atoms. The normalized spacial score (nSPS) is 9.44. The Morgan fingerprint density at radius 2 is 1.60 bits per heavy atom. The molecule has 0 fully saturated rings. The van der Waals surface area contributed by atoms with Crippen LogP contribution >= 0.6 is 0 Å². The van der Waals surface area contributed by atoms with Gasteiger partial charge in [0.2, 0.25) is 5.91 Å². The molecule has 0 saturated heterocycles. The zero-order valence-corrected chi connectivity index (χ0v) is 16.3. The van der Waals surface area contributed by atoms with E-state index in [-0.39, 0.29) is 11.7 Å². The van der Waals surface area contributed by atoms with Gasteiger partial charge in [0.25, 0.3) is 0 Å². The fourth-order valence-corrected chi connectivity index (χ4v) is 2.04. The van der Waals surface area contributed by atoms with E-state index in [1.807, 2.05) is 39.0 Å². The predicted octanol–water partition coefficient (Wildman–Crippen LogP) is 5.51. The molecule has 1 amide bonds. The number of nitrogens with one attached hydrogen (secondary N) is 1. The second kappa shape index (κ2) is 11.1. The Morgan fingerprint density at radius 1 is 1.00 bits per heavy atom. The maximum atomic E-state index is 10.6. The summed E-state index contributed by atoms with van der Waals surface area (Å²) in [5, 5.41) is 21.4. The van der Waals surface area contributed by atoms with Crippen molar-refractivity contribution in [3.05, 3.63) is 53.1 Å². The van der Waals surface area contributed by atoms with Crippen LogP contribution in [0.25, 0.3) is 0 Å². The zero-order chi connectivity index (χ0) is 19.6. The van der Waals surface area contributed by atoms with Crippen LogP contribution in [0, 0.1) is 13.8 Å². The first-order chi connectivity index (χ1) is 11.7. The third-order valence-electron chi connectivity index (χ3n) is 3.42. The van der Waals surface area contributed by atoms with Gasteiger partial charge in [-0.1, -0.05) is 52.0 Å². The van der Waals surface area contributed by atoms with Crippen molar-refractivity contribution >= 4 is 11.6 Å². The lowest BCUT2D eigenvalue weighted by atomic mass is 10.00. The van der Waals surface area contributed by atoms with E-state index in [0.717, 1.165) is 16.7 Å². The Hall–Kier alpha value is -2.49. The number of hydrogen-bond acceptors (Lipinski definition) is 3. The number of rotatable bonds is 2. The van der Waals surface area contributed by atoms with E-state index in [4.69, 9.17) is 0 Å². The highest BCUT2D eigenvalue weighted by Gasteiger charge is 2.05. The van der Waals surface area contributed by atoms with E-state index >= 15 is 0 Å². The highest BCUT2D eigenvalue weighted by molar-refractivity contribution is 5.88. The van der Waals surface area contributed by atoms with Gasteiger partial charge in [0, 0.05) is 18.7 Å². The second-order valence-corrected chi connectivity index (χ2v) is 5.85. The summed E-state index contributed by atoms with van der Waals surface area (Å²) in [5.41, 5.74) is 3.40. The average molecular weight is 345 g/mol. The van der Waals surface area contributed by atoms with E-state index in [1.165, 1.54) is 13.0 Å². The lowest BCUT2D eigenvalue weighted by molar-refractivity contribution is -0.114. The van der Waals surface area contributed by atoms with Gasteiger partial charge in [0.15, 0.2) is 0 Å². The van der Waals surface area contributed by atoms with Gasteiger partial charge in [-0.2, -0.15) is 0 Å². The lowest BCUT2D eigenvalue weighted by Crippen LogP contribution is -2.05. The second-order valence-electron chi connectivity index (χ2n) is 5.85. The molecule has 0 aliphatic carbocycles. The number of benzene rings is 2. The molecule has 138 valence electrons. The number of phenolic OH excluding ortho intramolecular Hbond substituents is 2. The number of carbonyl (C=O) groups excluding carboxylic acids is 1. The molecule has 0 radical (unpaired) electrons. The number of aryl methyl sites for hydroxylation is 2. The molecule has 0 bridgehead atoms. The molecule has 0 aliphatic heterocycles. The molecule has 4 heteroatoms. The standard InChI is InChI=1S/C10H14O.C9H11NO2.C2H6/c1-7(2)9-6-4-5-8(3)10(9)11;1-6-3-4-8(5-9(6)12)10-7(2)11;1-2/h4-7,11H,1-3H3;3-5,12H,1-2H3,(H,10,11);1-2H3. The number of carbonyl (C=O) groups is 1. The van der Waals surface area contributed by atoms with Crippen molar-refractivity contribution in [3.8, 4) is 11.5 Å². The fraction of sp³-hybridized carbons (Fsp3) is 0.381. The summed E-state index contributed by atoms with van der Waals surface area (Å²) < 4.78 is 0. The first-order valence-corrected chi connectivity index (χ1v) is 8.58. The van der Waals surface area contributed by atoms with Gasteiger partial charge < -0.3 is 15.5 Å². The summed E-state index contributed by atoms with van der Waals surface area (Å²) in [6.07, 6.45) is 0. The highest BCUT2D eigenvalue weighted by atomic mass is 16.3. The third kappa shape index (κ3) is 7.75. The molecule has 2 aromatic carbocycles. The summed E-state index contributed by atoms with van der Waals surface area (Å²) >= 11 is 0. The molecule has 0 aromatic heterocycles. The Balaban J connectivity index is 0.000000421. The van der Waals surface area contributed by atoms with Gasteiger partial charge in [-0.25, -0.2) is 0 Å². The van der Waals surface area contributed by atoms with E-state index < -0.39 is 0 Å². The van der Waals surface area contributed by atoms with Crippen molar-refractivity contribution in [2.24, 2.45) is 0 Å². The Morgan fingerprint density at radius 3 is 2.04 bits per heavy atom. The van der Waals surface area contributed by atoms with Crippen LogP contribution in [-0.4, -0.2) is 16.1 Å². The zero-order valence-electron chi connectivity index (χ0n) is 16.3. The molecular formula is C21H31NO3. The molecule has 4 nitrogen and oxygen atoms in total. The smallest absolute Gasteiger partial charge is 0.221 e. The Bertz CT molecular complexity index is 679. The first kappa shape index (κ1) is 22.5.